The quantitative estimate of drug-likeness (QED) is 0.347. The standard InChI is InChI=1S/C16H23IN2O6/c1-4-16(3,17)6-10-12(22)13(23)14(25-10)19-7-9(5-11(20)21)8(2)18-15(19)24/h7,10,12-14,22-23H,2,4-6H2,1,3H3,(H,18,24)(H,20,21)/t10-,12-,13-,14-,16?/m1/s1. The van der Waals surface area contributed by atoms with Crippen LogP contribution >= 0.6 is 22.6 Å². The van der Waals surface area contributed by atoms with E-state index < -0.39 is 36.5 Å². The van der Waals surface area contributed by atoms with E-state index in [1.165, 1.54) is 6.20 Å². The maximum atomic E-state index is 12.2. The lowest BCUT2D eigenvalue weighted by atomic mass is 9.97. The molecule has 0 aromatic rings. The van der Waals surface area contributed by atoms with Gasteiger partial charge in [-0.2, -0.15) is 0 Å². The molecule has 0 spiro atoms. The smallest absolute Gasteiger partial charge is 0.328 e. The largest absolute Gasteiger partial charge is 0.481 e. The molecule has 2 aliphatic rings. The average Bonchev–Trinajstić information content (AvgIpc) is 2.77. The number of ether oxygens (including phenoxy) is 1. The van der Waals surface area contributed by atoms with Gasteiger partial charge in [-0.15, -0.1) is 0 Å². The highest BCUT2D eigenvalue weighted by atomic mass is 127. The van der Waals surface area contributed by atoms with Crippen LogP contribution in [-0.4, -0.2) is 60.2 Å². The molecule has 140 valence electrons. The maximum Gasteiger partial charge on any atom is 0.328 e. The SMILES string of the molecule is C=C1NC(=O)N([C@@H]2O[C@H](CC(C)(I)CC)[C@@H](O)[C@H]2O)C=C1CC(=O)O. The number of nitrogens with one attached hydrogen (secondary N) is 1. The molecule has 0 radical (unpaired) electrons. The summed E-state index contributed by atoms with van der Waals surface area (Å²) in [6, 6.07) is -0.594. The van der Waals surface area contributed by atoms with Gasteiger partial charge in [-0.25, -0.2) is 4.79 Å². The van der Waals surface area contributed by atoms with Crippen LogP contribution in [0.2, 0.25) is 0 Å². The van der Waals surface area contributed by atoms with E-state index in [0.29, 0.717) is 12.0 Å². The van der Waals surface area contributed by atoms with Gasteiger partial charge in [0.2, 0.25) is 0 Å². The molecule has 1 saturated heterocycles. The van der Waals surface area contributed by atoms with Crippen molar-refractivity contribution in [3.63, 3.8) is 0 Å². The van der Waals surface area contributed by atoms with Crippen molar-refractivity contribution < 1.29 is 29.6 Å². The van der Waals surface area contributed by atoms with E-state index in [4.69, 9.17) is 9.84 Å². The number of carboxylic acids is 1. The number of aliphatic carboxylic acids is 1. The van der Waals surface area contributed by atoms with Crippen molar-refractivity contribution in [2.75, 3.05) is 0 Å². The van der Waals surface area contributed by atoms with E-state index in [0.717, 1.165) is 11.3 Å². The summed E-state index contributed by atoms with van der Waals surface area (Å²) in [7, 11) is 0. The number of carbonyl (C=O) groups is 2. The number of hydrogen-bond donors (Lipinski definition) is 4. The predicted molar refractivity (Wildman–Crippen MR) is 97.9 cm³/mol. The van der Waals surface area contributed by atoms with Crippen molar-refractivity contribution in [2.24, 2.45) is 0 Å². The van der Waals surface area contributed by atoms with E-state index >= 15 is 0 Å². The van der Waals surface area contributed by atoms with Gasteiger partial charge in [-0.1, -0.05) is 43.0 Å². The molecule has 0 aromatic carbocycles. The number of allylic oxidation sites excluding steroid dienone is 1. The number of amides is 2. The van der Waals surface area contributed by atoms with Crippen LogP contribution in [0, 0.1) is 0 Å². The van der Waals surface area contributed by atoms with Gasteiger partial charge in [0.1, 0.15) is 12.2 Å². The summed E-state index contributed by atoms with van der Waals surface area (Å²) in [4.78, 5) is 24.2. The average molecular weight is 466 g/mol. The third kappa shape index (κ3) is 4.52. The van der Waals surface area contributed by atoms with Crippen LogP contribution in [0.1, 0.15) is 33.1 Å². The molecule has 2 aliphatic heterocycles. The number of aliphatic hydroxyl groups excluding tert-OH is 2. The topological polar surface area (TPSA) is 119 Å². The Bertz CT molecular complexity index is 605. The van der Waals surface area contributed by atoms with Gasteiger partial charge in [0, 0.05) is 20.9 Å². The summed E-state index contributed by atoms with van der Waals surface area (Å²) in [5.74, 6) is -1.07. The fourth-order valence-corrected chi connectivity index (χ4v) is 3.21. The molecule has 4 N–H and O–H groups in total. The van der Waals surface area contributed by atoms with Crippen molar-refractivity contribution in [3.05, 3.63) is 24.0 Å². The molecule has 0 aromatic heterocycles. The number of rotatable bonds is 6. The number of halogens is 1. The highest BCUT2D eigenvalue weighted by Crippen LogP contribution is 2.36. The molecule has 25 heavy (non-hydrogen) atoms. The molecule has 1 fully saturated rings. The molecule has 8 nitrogen and oxygen atoms in total. The second-order valence-corrected chi connectivity index (χ2v) is 9.16. The molecule has 2 heterocycles. The first-order valence-electron chi connectivity index (χ1n) is 7.97. The van der Waals surface area contributed by atoms with Crippen LogP contribution in [0.3, 0.4) is 0 Å². The van der Waals surface area contributed by atoms with E-state index in [9.17, 15) is 19.8 Å². The summed E-state index contributed by atoms with van der Waals surface area (Å²) >= 11 is 2.28. The van der Waals surface area contributed by atoms with Gasteiger partial charge >= 0.3 is 12.0 Å². The van der Waals surface area contributed by atoms with E-state index in [1.807, 2.05) is 13.8 Å². The second kappa shape index (κ2) is 7.60. The first-order valence-corrected chi connectivity index (χ1v) is 9.05. The predicted octanol–water partition coefficient (Wildman–Crippen LogP) is 1.32. The number of carboxylic acid groups (broad SMARTS) is 1. The Hall–Kier alpha value is -1.17. The van der Waals surface area contributed by atoms with Crippen LogP contribution in [0.5, 0.6) is 0 Å². The van der Waals surface area contributed by atoms with Gasteiger partial charge in [-0.3, -0.25) is 9.69 Å². The number of aliphatic hydroxyl groups is 2. The normalized spacial score (nSPS) is 32.2. The van der Waals surface area contributed by atoms with Crippen LogP contribution < -0.4 is 5.32 Å². The number of urea groups is 1. The van der Waals surface area contributed by atoms with Crippen molar-refractivity contribution in [1.29, 1.82) is 0 Å². The third-order valence-electron chi connectivity index (χ3n) is 4.49. The molecule has 9 heteroatoms. The van der Waals surface area contributed by atoms with Crippen molar-refractivity contribution in [1.82, 2.24) is 10.2 Å². The molecule has 0 bridgehead atoms. The Morgan fingerprint density at radius 2 is 2.12 bits per heavy atom. The minimum Gasteiger partial charge on any atom is -0.481 e. The molecular weight excluding hydrogens is 443 g/mol. The molecule has 0 saturated carbocycles. The zero-order chi connectivity index (χ0) is 18.9. The summed E-state index contributed by atoms with van der Waals surface area (Å²) in [5, 5.41) is 32.0. The number of alkyl halides is 1. The zero-order valence-corrected chi connectivity index (χ0v) is 16.3. The highest BCUT2D eigenvalue weighted by molar-refractivity contribution is 14.1. The van der Waals surface area contributed by atoms with E-state index in [2.05, 4.69) is 34.5 Å². The van der Waals surface area contributed by atoms with Gasteiger partial charge in [-0.05, 0) is 12.8 Å². The summed E-state index contributed by atoms with van der Waals surface area (Å²) in [6.45, 7) is 7.66. The highest BCUT2D eigenvalue weighted by Gasteiger charge is 2.48. The summed E-state index contributed by atoms with van der Waals surface area (Å²) < 4.78 is 5.64. The van der Waals surface area contributed by atoms with Crippen LogP contribution in [-0.2, 0) is 9.53 Å². The molecule has 2 rings (SSSR count). The van der Waals surface area contributed by atoms with Crippen LogP contribution in [0.25, 0.3) is 0 Å². The minimum atomic E-state index is -1.30. The first-order chi connectivity index (χ1) is 11.6. The van der Waals surface area contributed by atoms with Gasteiger partial charge < -0.3 is 25.4 Å². The fourth-order valence-electron chi connectivity index (χ4n) is 2.77. The van der Waals surface area contributed by atoms with Crippen LogP contribution in [0.4, 0.5) is 4.79 Å². The van der Waals surface area contributed by atoms with Gasteiger partial charge in [0.15, 0.2) is 6.23 Å². The second-order valence-electron chi connectivity index (χ2n) is 6.56. The number of hydrogen-bond acceptors (Lipinski definition) is 5. The minimum absolute atomic E-state index is 0.124. The number of carbonyl (C=O) groups excluding carboxylic acids is 1. The van der Waals surface area contributed by atoms with Crippen molar-refractivity contribution >= 4 is 34.6 Å². The Kier molecular flexibility index (Phi) is 6.13. The van der Waals surface area contributed by atoms with E-state index in [-0.39, 0.29) is 15.5 Å². The Labute approximate surface area is 159 Å². The Morgan fingerprint density at radius 3 is 2.68 bits per heavy atom. The maximum absolute atomic E-state index is 12.2. The number of nitrogens with zero attached hydrogens (tertiary/aromatic N) is 1. The van der Waals surface area contributed by atoms with Crippen molar-refractivity contribution in [2.45, 2.75) is 61.1 Å². The Morgan fingerprint density at radius 1 is 1.48 bits per heavy atom. The van der Waals surface area contributed by atoms with Crippen molar-refractivity contribution in [3.8, 4) is 0 Å². The van der Waals surface area contributed by atoms with Crippen LogP contribution in [0.15, 0.2) is 24.0 Å². The first kappa shape index (κ1) is 20.1. The summed E-state index contributed by atoms with van der Waals surface area (Å²) in [5.41, 5.74) is 0.493. The molecular formula is C16H23IN2O6. The molecule has 5 atom stereocenters. The fraction of sp³-hybridized carbons (Fsp3) is 0.625. The molecule has 1 unspecified atom stereocenters. The lowest BCUT2D eigenvalue weighted by Crippen LogP contribution is -2.50. The van der Waals surface area contributed by atoms with Gasteiger partial charge in [0.05, 0.1) is 12.5 Å². The van der Waals surface area contributed by atoms with E-state index in [1.54, 1.807) is 0 Å². The Balaban J connectivity index is 2.21. The molecule has 0 aliphatic carbocycles. The lowest BCUT2D eigenvalue weighted by Gasteiger charge is -2.32. The zero-order valence-electron chi connectivity index (χ0n) is 14.1. The lowest BCUT2D eigenvalue weighted by molar-refractivity contribution is -0.136. The van der Waals surface area contributed by atoms with Gasteiger partial charge in [0.25, 0.3) is 0 Å². The third-order valence-corrected chi connectivity index (χ3v) is 5.70. The monoisotopic (exact) mass is 466 g/mol. The molecule has 2 amide bonds. The summed E-state index contributed by atoms with van der Waals surface area (Å²) in [6.07, 6.45) is -1.82.